The summed E-state index contributed by atoms with van der Waals surface area (Å²) >= 11 is 5.84. The molecule has 0 radical (unpaired) electrons. The van der Waals surface area contributed by atoms with Gasteiger partial charge in [0.05, 0.1) is 6.61 Å². The Morgan fingerprint density at radius 1 is 1.12 bits per heavy atom. The normalized spacial score (nSPS) is 15.6. The van der Waals surface area contributed by atoms with Crippen molar-refractivity contribution in [3.63, 3.8) is 0 Å². The number of benzene rings is 1. The van der Waals surface area contributed by atoms with E-state index < -0.39 is 6.10 Å². The molecule has 7 heteroatoms. The highest BCUT2D eigenvalue weighted by Gasteiger charge is 2.28. The highest BCUT2D eigenvalue weighted by atomic mass is 35.5. The summed E-state index contributed by atoms with van der Waals surface area (Å²) in [7, 11) is 0. The predicted octanol–water partition coefficient (Wildman–Crippen LogP) is 3.19. The maximum Gasteiger partial charge on any atom is 0.409 e. The highest BCUT2D eigenvalue weighted by molar-refractivity contribution is 6.30. The zero-order chi connectivity index (χ0) is 18.2. The smallest absolute Gasteiger partial charge is 0.409 e. The van der Waals surface area contributed by atoms with Crippen LogP contribution in [0.3, 0.4) is 0 Å². The average molecular weight is 369 g/mol. The first-order valence-electron chi connectivity index (χ1n) is 8.64. The second-order valence-corrected chi connectivity index (χ2v) is 6.43. The van der Waals surface area contributed by atoms with Gasteiger partial charge in [-0.15, -0.1) is 0 Å². The summed E-state index contributed by atoms with van der Waals surface area (Å²) in [5.74, 6) is 0.511. The van der Waals surface area contributed by atoms with Crippen LogP contribution in [0.15, 0.2) is 24.3 Å². The quantitative estimate of drug-likeness (QED) is 0.723. The average Bonchev–Trinajstić information content (AvgIpc) is 2.63. The molecule has 0 spiro atoms. The van der Waals surface area contributed by atoms with Gasteiger partial charge in [-0.3, -0.25) is 4.79 Å². The molecular weight excluding hydrogens is 344 g/mol. The standard InChI is InChI=1S/C18H25ClN2O4/c1-3-4-13-24-18(23)21-11-9-20(10-12-21)17(22)14(2)25-16-7-5-15(19)6-8-16/h5-8,14H,3-4,9-13H2,1-2H3. The molecule has 0 saturated carbocycles. The number of amides is 2. The molecule has 0 aliphatic carbocycles. The van der Waals surface area contributed by atoms with Gasteiger partial charge in [-0.1, -0.05) is 24.9 Å². The van der Waals surface area contributed by atoms with Crippen LogP contribution in [-0.2, 0) is 9.53 Å². The first-order chi connectivity index (χ1) is 12.0. The van der Waals surface area contributed by atoms with E-state index in [1.165, 1.54) is 0 Å². The molecule has 0 bridgehead atoms. The number of carbonyl (C=O) groups is 2. The Balaban J connectivity index is 1.78. The summed E-state index contributed by atoms with van der Waals surface area (Å²) < 4.78 is 10.9. The molecule has 1 aliphatic rings. The van der Waals surface area contributed by atoms with E-state index in [0.717, 1.165) is 12.8 Å². The van der Waals surface area contributed by atoms with Crippen LogP contribution in [0.25, 0.3) is 0 Å². The zero-order valence-corrected chi connectivity index (χ0v) is 15.5. The lowest BCUT2D eigenvalue weighted by atomic mass is 10.2. The Labute approximate surface area is 153 Å². The topological polar surface area (TPSA) is 59.1 Å². The Morgan fingerprint density at radius 3 is 2.32 bits per heavy atom. The minimum absolute atomic E-state index is 0.0889. The molecule has 2 amide bonds. The highest BCUT2D eigenvalue weighted by Crippen LogP contribution is 2.17. The van der Waals surface area contributed by atoms with Crippen molar-refractivity contribution in [2.45, 2.75) is 32.8 Å². The van der Waals surface area contributed by atoms with Crippen LogP contribution in [0.4, 0.5) is 4.79 Å². The van der Waals surface area contributed by atoms with Crippen molar-refractivity contribution in [2.24, 2.45) is 0 Å². The molecule has 1 atom stereocenters. The van der Waals surface area contributed by atoms with Gasteiger partial charge in [0, 0.05) is 31.2 Å². The van der Waals surface area contributed by atoms with E-state index in [1.54, 1.807) is 41.0 Å². The van der Waals surface area contributed by atoms with E-state index in [9.17, 15) is 9.59 Å². The second kappa shape index (κ2) is 9.51. The van der Waals surface area contributed by atoms with Crippen LogP contribution >= 0.6 is 11.6 Å². The minimum Gasteiger partial charge on any atom is -0.481 e. The van der Waals surface area contributed by atoms with Gasteiger partial charge in [0.25, 0.3) is 5.91 Å². The lowest BCUT2D eigenvalue weighted by molar-refractivity contribution is -0.139. The van der Waals surface area contributed by atoms with Crippen LogP contribution < -0.4 is 4.74 Å². The Morgan fingerprint density at radius 2 is 1.72 bits per heavy atom. The van der Waals surface area contributed by atoms with E-state index in [2.05, 4.69) is 0 Å². The van der Waals surface area contributed by atoms with Crippen LogP contribution in [0, 0.1) is 0 Å². The third-order valence-electron chi connectivity index (χ3n) is 4.05. The van der Waals surface area contributed by atoms with Crippen LogP contribution in [0.1, 0.15) is 26.7 Å². The fraction of sp³-hybridized carbons (Fsp3) is 0.556. The zero-order valence-electron chi connectivity index (χ0n) is 14.7. The molecule has 1 unspecified atom stereocenters. The van der Waals surface area contributed by atoms with E-state index in [0.29, 0.717) is 43.6 Å². The number of hydrogen-bond donors (Lipinski definition) is 0. The van der Waals surface area contributed by atoms with Gasteiger partial charge in [-0.25, -0.2) is 4.79 Å². The SMILES string of the molecule is CCCCOC(=O)N1CCN(C(=O)C(C)Oc2ccc(Cl)cc2)CC1. The van der Waals surface area contributed by atoms with Crippen LogP contribution in [-0.4, -0.2) is 60.7 Å². The lowest BCUT2D eigenvalue weighted by Crippen LogP contribution is -2.53. The molecule has 1 saturated heterocycles. The Kier molecular flexibility index (Phi) is 7.37. The second-order valence-electron chi connectivity index (χ2n) is 5.99. The molecule has 1 aromatic carbocycles. The summed E-state index contributed by atoms with van der Waals surface area (Å²) in [6.45, 7) is 6.13. The largest absolute Gasteiger partial charge is 0.481 e. The van der Waals surface area contributed by atoms with Crippen molar-refractivity contribution in [3.8, 4) is 5.75 Å². The number of rotatable bonds is 6. The summed E-state index contributed by atoms with van der Waals surface area (Å²) in [6, 6.07) is 6.90. The maximum atomic E-state index is 12.5. The minimum atomic E-state index is -0.593. The van der Waals surface area contributed by atoms with Gasteiger partial charge in [0.1, 0.15) is 5.75 Å². The molecule has 138 valence electrons. The van der Waals surface area contributed by atoms with Crippen molar-refractivity contribution in [3.05, 3.63) is 29.3 Å². The van der Waals surface area contributed by atoms with Gasteiger partial charge in [-0.05, 0) is 37.6 Å². The molecular formula is C18H25ClN2O4. The molecule has 0 aromatic heterocycles. The number of ether oxygens (including phenoxy) is 2. The molecule has 1 aromatic rings. The van der Waals surface area contributed by atoms with E-state index in [1.807, 2.05) is 6.92 Å². The van der Waals surface area contributed by atoms with Gasteiger partial charge in [-0.2, -0.15) is 0 Å². The van der Waals surface area contributed by atoms with Crippen LogP contribution in [0.5, 0.6) is 5.75 Å². The number of halogens is 1. The van der Waals surface area contributed by atoms with Crippen molar-refractivity contribution in [1.29, 1.82) is 0 Å². The van der Waals surface area contributed by atoms with Crippen LogP contribution in [0.2, 0.25) is 5.02 Å². The van der Waals surface area contributed by atoms with Crippen molar-refractivity contribution >= 4 is 23.6 Å². The summed E-state index contributed by atoms with van der Waals surface area (Å²) in [5.41, 5.74) is 0. The number of hydrogen-bond acceptors (Lipinski definition) is 4. The first kappa shape index (κ1) is 19.4. The van der Waals surface area contributed by atoms with Gasteiger partial charge < -0.3 is 19.3 Å². The van der Waals surface area contributed by atoms with E-state index >= 15 is 0 Å². The number of piperazine rings is 1. The van der Waals surface area contributed by atoms with Crippen molar-refractivity contribution < 1.29 is 19.1 Å². The first-order valence-corrected chi connectivity index (χ1v) is 9.01. The molecule has 2 rings (SSSR count). The number of nitrogens with zero attached hydrogens (tertiary/aromatic N) is 2. The molecule has 1 aliphatic heterocycles. The predicted molar refractivity (Wildman–Crippen MR) is 96.0 cm³/mol. The van der Waals surface area contributed by atoms with Gasteiger partial charge in [0.15, 0.2) is 6.10 Å². The monoisotopic (exact) mass is 368 g/mol. The van der Waals surface area contributed by atoms with Crippen molar-refractivity contribution in [2.75, 3.05) is 32.8 Å². The third-order valence-corrected chi connectivity index (χ3v) is 4.30. The van der Waals surface area contributed by atoms with E-state index in [-0.39, 0.29) is 12.0 Å². The van der Waals surface area contributed by atoms with Gasteiger partial charge >= 0.3 is 6.09 Å². The molecule has 1 fully saturated rings. The van der Waals surface area contributed by atoms with E-state index in [4.69, 9.17) is 21.1 Å². The van der Waals surface area contributed by atoms with Crippen molar-refractivity contribution in [1.82, 2.24) is 9.80 Å². The molecule has 1 heterocycles. The summed E-state index contributed by atoms with van der Waals surface area (Å²) in [6.07, 6.45) is 0.959. The Bertz CT molecular complexity index is 571. The molecule has 25 heavy (non-hydrogen) atoms. The Hall–Kier alpha value is -1.95. The summed E-state index contributed by atoms with van der Waals surface area (Å²) in [4.78, 5) is 27.8. The van der Waals surface area contributed by atoms with Gasteiger partial charge in [0.2, 0.25) is 0 Å². The number of carbonyl (C=O) groups excluding carboxylic acids is 2. The molecule has 0 N–H and O–H groups in total. The fourth-order valence-electron chi connectivity index (χ4n) is 2.53. The lowest BCUT2D eigenvalue weighted by Gasteiger charge is -2.35. The summed E-state index contributed by atoms with van der Waals surface area (Å²) in [5, 5.41) is 0.619. The third kappa shape index (κ3) is 5.81. The maximum absolute atomic E-state index is 12.5. The molecule has 6 nitrogen and oxygen atoms in total. The fourth-order valence-corrected chi connectivity index (χ4v) is 2.66. The number of unbranched alkanes of at least 4 members (excludes halogenated alkanes) is 1.